The molecule has 2 heterocycles. The normalized spacial score (nSPS) is 13.8. The second kappa shape index (κ2) is 5.07. The SMILES string of the molecule is CC(Nc1cccc2c1N=[Se]=N2)c1ccc(F)cn1. The van der Waals surface area contributed by atoms with Gasteiger partial charge in [0.2, 0.25) is 0 Å². The van der Waals surface area contributed by atoms with Crippen molar-refractivity contribution in [1.29, 1.82) is 0 Å². The zero-order chi connectivity index (χ0) is 13.2. The molecule has 1 unspecified atom stereocenters. The molecule has 1 atom stereocenters. The number of fused-ring (bicyclic) bond motifs is 1. The number of halogens is 1. The predicted octanol–water partition coefficient (Wildman–Crippen LogP) is 3.74. The molecule has 0 bridgehead atoms. The Balaban J connectivity index is 1.84. The van der Waals surface area contributed by atoms with Crippen molar-refractivity contribution in [2.24, 2.45) is 7.92 Å². The quantitative estimate of drug-likeness (QED) is 0.747. The Morgan fingerprint density at radius 1 is 1.21 bits per heavy atom. The Hall–Kier alpha value is -1.78. The minimum atomic E-state index is -0.326. The molecule has 0 radical (unpaired) electrons. The van der Waals surface area contributed by atoms with E-state index in [0.29, 0.717) is 0 Å². The van der Waals surface area contributed by atoms with Crippen molar-refractivity contribution >= 4 is 31.6 Å². The Kier molecular flexibility index (Phi) is 3.27. The van der Waals surface area contributed by atoms with Gasteiger partial charge >= 0.3 is 115 Å². The van der Waals surface area contributed by atoms with Crippen molar-refractivity contribution in [3.8, 4) is 0 Å². The average molecular weight is 321 g/mol. The molecule has 0 fully saturated rings. The summed E-state index contributed by atoms with van der Waals surface area (Å²) in [6.45, 7) is 1.98. The van der Waals surface area contributed by atoms with Crippen molar-refractivity contribution < 1.29 is 4.39 Å². The van der Waals surface area contributed by atoms with Gasteiger partial charge in [-0.25, -0.2) is 0 Å². The van der Waals surface area contributed by atoms with Crippen LogP contribution >= 0.6 is 0 Å². The summed E-state index contributed by atoms with van der Waals surface area (Å²) in [5, 5.41) is 3.35. The van der Waals surface area contributed by atoms with E-state index >= 15 is 0 Å². The molecule has 1 N–H and O–H groups in total. The summed E-state index contributed by atoms with van der Waals surface area (Å²) in [6, 6.07) is 8.96. The Morgan fingerprint density at radius 2 is 2.11 bits per heavy atom. The molecule has 4 nitrogen and oxygen atoms in total. The molecule has 6 heteroatoms. The van der Waals surface area contributed by atoms with Gasteiger partial charge in [0.1, 0.15) is 0 Å². The summed E-state index contributed by atoms with van der Waals surface area (Å²) < 4.78 is 21.6. The van der Waals surface area contributed by atoms with Crippen LogP contribution in [0.1, 0.15) is 18.7 Å². The minimum absolute atomic E-state index is 0.0181. The fraction of sp³-hybridized carbons (Fsp3) is 0.154. The number of nitrogens with zero attached hydrogens (tertiary/aromatic N) is 3. The van der Waals surface area contributed by atoms with E-state index in [0.717, 1.165) is 22.8 Å². The van der Waals surface area contributed by atoms with Gasteiger partial charge in [-0.15, -0.1) is 0 Å². The molecule has 1 aliphatic heterocycles. The molecule has 0 amide bonds. The Morgan fingerprint density at radius 3 is 2.89 bits per heavy atom. The number of hydrogen-bond donors (Lipinski definition) is 1. The molecule has 3 rings (SSSR count). The van der Waals surface area contributed by atoms with E-state index in [9.17, 15) is 4.39 Å². The van der Waals surface area contributed by atoms with Crippen LogP contribution in [0.4, 0.5) is 21.5 Å². The molecular weight excluding hydrogens is 310 g/mol. The van der Waals surface area contributed by atoms with Crippen molar-refractivity contribution in [3.05, 3.63) is 48.0 Å². The van der Waals surface area contributed by atoms with E-state index in [-0.39, 0.29) is 26.4 Å². The summed E-state index contributed by atoms with van der Waals surface area (Å²) in [5.41, 5.74) is 3.58. The van der Waals surface area contributed by atoms with Crippen LogP contribution in [0.2, 0.25) is 0 Å². The first-order chi connectivity index (χ1) is 9.24. The molecule has 96 valence electrons. The monoisotopic (exact) mass is 322 g/mol. The van der Waals surface area contributed by atoms with Crippen molar-refractivity contribution in [3.63, 3.8) is 0 Å². The Bertz CT molecular complexity index is 678. The zero-order valence-corrected chi connectivity index (χ0v) is 11.9. The van der Waals surface area contributed by atoms with Gasteiger partial charge in [-0.3, -0.25) is 0 Å². The third kappa shape index (κ3) is 2.50. The van der Waals surface area contributed by atoms with E-state index in [4.69, 9.17) is 0 Å². The van der Waals surface area contributed by atoms with Crippen LogP contribution in [0, 0.1) is 5.82 Å². The van der Waals surface area contributed by atoms with Crippen molar-refractivity contribution in [2.75, 3.05) is 5.32 Å². The summed E-state index contributed by atoms with van der Waals surface area (Å²) in [7, 11) is 0. The molecule has 1 aliphatic rings. The Labute approximate surface area is 115 Å². The third-order valence-electron chi connectivity index (χ3n) is 2.85. The van der Waals surface area contributed by atoms with Gasteiger partial charge in [0, 0.05) is 0 Å². The number of anilines is 1. The van der Waals surface area contributed by atoms with Crippen molar-refractivity contribution in [2.45, 2.75) is 13.0 Å². The fourth-order valence-corrected chi connectivity index (χ4v) is 3.03. The van der Waals surface area contributed by atoms with Gasteiger partial charge in [-0.05, 0) is 0 Å². The van der Waals surface area contributed by atoms with Crippen LogP contribution < -0.4 is 5.32 Å². The topological polar surface area (TPSA) is 49.6 Å². The van der Waals surface area contributed by atoms with Gasteiger partial charge in [0.15, 0.2) is 0 Å². The predicted molar refractivity (Wildman–Crippen MR) is 72.6 cm³/mol. The summed E-state index contributed by atoms with van der Waals surface area (Å²) in [4.78, 5) is 4.08. The van der Waals surface area contributed by atoms with E-state index in [1.165, 1.54) is 12.3 Å². The first-order valence-corrected chi connectivity index (χ1v) is 7.36. The number of benzene rings is 1. The number of aromatic nitrogens is 1. The van der Waals surface area contributed by atoms with Crippen molar-refractivity contribution in [1.82, 2.24) is 4.98 Å². The van der Waals surface area contributed by atoms with Crippen LogP contribution in [0.25, 0.3) is 0 Å². The van der Waals surface area contributed by atoms with E-state index in [2.05, 4.69) is 18.2 Å². The third-order valence-corrected chi connectivity index (χ3v) is 3.99. The van der Waals surface area contributed by atoms with Crippen LogP contribution in [-0.2, 0) is 0 Å². The zero-order valence-electron chi connectivity index (χ0n) is 10.2. The summed E-state index contributed by atoms with van der Waals surface area (Å²) in [5.74, 6) is -0.326. The van der Waals surface area contributed by atoms with Gasteiger partial charge in [0.25, 0.3) is 0 Å². The molecule has 0 spiro atoms. The molecule has 0 aliphatic carbocycles. The molecular formula is C13H11FN4Se. The first kappa shape index (κ1) is 12.3. The molecule has 1 aromatic carbocycles. The molecule has 2 aromatic rings. The average Bonchev–Trinajstić information content (AvgIpc) is 2.89. The van der Waals surface area contributed by atoms with Gasteiger partial charge in [0.05, 0.1) is 0 Å². The maximum atomic E-state index is 12.8. The summed E-state index contributed by atoms with van der Waals surface area (Å²) >= 11 is -0.0442. The molecule has 0 saturated carbocycles. The summed E-state index contributed by atoms with van der Waals surface area (Å²) in [6.07, 6.45) is 1.23. The maximum absolute atomic E-state index is 12.8. The van der Waals surface area contributed by atoms with Crippen LogP contribution in [0.3, 0.4) is 0 Å². The second-order valence-electron chi connectivity index (χ2n) is 4.20. The van der Waals surface area contributed by atoms with Crippen LogP contribution in [0.15, 0.2) is 44.5 Å². The molecule has 0 saturated heterocycles. The van der Waals surface area contributed by atoms with E-state index in [1.807, 2.05) is 25.1 Å². The van der Waals surface area contributed by atoms with Crippen LogP contribution in [0.5, 0.6) is 0 Å². The van der Waals surface area contributed by atoms with E-state index < -0.39 is 0 Å². The van der Waals surface area contributed by atoms with Gasteiger partial charge in [-0.1, -0.05) is 0 Å². The molecule has 19 heavy (non-hydrogen) atoms. The number of nitrogens with one attached hydrogen (secondary N) is 1. The van der Waals surface area contributed by atoms with Gasteiger partial charge < -0.3 is 0 Å². The first-order valence-electron chi connectivity index (χ1n) is 5.83. The second-order valence-corrected chi connectivity index (χ2v) is 5.31. The van der Waals surface area contributed by atoms with Crippen LogP contribution in [-0.4, -0.2) is 19.6 Å². The standard InChI is InChI=1S/C13H11FN4Se/c1-8(10-6-5-9(14)7-15-10)16-11-3-2-4-12-13(11)18-19-17-12/h2-8,16H,1H3. The van der Waals surface area contributed by atoms with Gasteiger partial charge in [-0.2, -0.15) is 0 Å². The number of hydrogen-bond acceptors (Lipinski definition) is 4. The molecule has 1 aromatic heterocycles. The number of pyridine rings is 1. The number of rotatable bonds is 3. The van der Waals surface area contributed by atoms with E-state index in [1.54, 1.807) is 6.07 Å². The fourth-order valence-electron chi connectivity index (χ4n) is 1.87.